The second kappa shape index (κ2) is 8.59. The van der Waals surface area contributed by atoms with E-state index in [1.165, 1.54) is 12.8 Å². The molecule has 0 atom stereocenters. The molecule has 0 amide bonds. The quantitative estimate of drug-likeness (QED) is 0.504. The van der Waals surface area contributed by atoms with Crippen molar-refractivity contribution in [3.8, 4) is 0 Å². The molecule has 1 rings (SSSR count). The van der Waals surface area contributed by atoms with Crippen LogP contribution in [-0.4, -0.2) is 61.8 Å². The van der Waals surface area contributed by atoms with Crippen molar-refractivity contribution in [2.45, 2.75) is 65.1 Å². The molecule has 21 heavy (non-hydrogen) atoms. The molecule has 1 saturated carbocycles. The Balaban J connectivity index is 2.41. The number of nitrogens with one attached hydrogen (secondary N) is 2. The third-order valence-corrected chi connectivity index (χ3v) is 3.86. The fraction of sp³-hybridized carbons (Fsp3) is 0.938. The molecule has 0 aromatic rings. The Bertz CT molecular complexity index is 322. The first-order valence-electron chi connectivity index (χ1n) is 8.22. The Labute approximate surface area is 130 Å². The van der Waals surface area contributed by atoms with Gasteiger partial charge in [-0.3, -0.25) is 9.89 Å². The zero-order valence-electron chi connectivity index (χ0n) is 14.7. The average Bonchev–Trinajstić information content (AvgIpc) is 3.24. The molecule has 1 fully saturated rings. The minimum atomic E-state index is -0.222. The van der Waals surface area contributed by atoms with Crippen LogP contribution >= 0.6 is 0 Å². The van der Waals surface area contributed by atoms with Gasteiger partial charge in [-0.05, 0) is 47.5 Å². The summed E-state index contributed by atoms with van der Waals surface area (Å²) >= 11 is 0. The number of hydrogen-bond donors (Lipinski definition) is 2. The van der Waals surface area contributed by atoms with E-state index in [1.54, 1.807) is 7.11 Å². The van der Waals surface area contributed by atoms with Crippen molar-refractivity contribution in [3.63, 3.8) is 0 Å². The fourth-order valence-electron chi connectivity index (χ4n) is 2.25. The highest BCUT2D eigenvalue weighted by molar-refractivity contribution is 5.79. The van der Waals surface area contributed by atoms with E-state index in [0.717, 1.165) is 31.6 Å². The van der Waals surface area contributed by atoms with E-state index in [2.05, 4.69) is 41.3 Å². The lowest BCUT2D eigenvalue weighted by molar-refractivity contribution is 0.0310. The van der Waals surface area contributed by atoms with Crippen LogP contribution in [0.4, 0.5) is 0 Å². The molecule has 0 unspecified atom stereocenters. The molecule has 1 aliphatic carbocycles. The summed E-state index contributed by atoms with van der Waals surface area (Å²) in [6.45, 7) is 14.3. The average molecular weight is 298 g/mol. The van der Waals surface area contributed by atoms with Gasteiger partial charge in [-0.1, -0.05) is 0 Å². The molecule has 1 aliphatic rings. The van der Waals surface area contributed by atoms with Crippen molar-refractivity contribution in [2.24, 2.45) is 4.99 Å². The van der Waals surface area contributed by atoms with Crippen LogP contribution in [0, 0.1) is 0 Å². The lowest BCUT2D eigenvalue weighted by atomic mass is 10.1. The highest BCUT2D eigenvalue weighted by Gasteiger charge is 2.30. The molecule has 0 radical (unpaired) electrons. The van der Waals surface area contributed by atoms with Crippen molar-refractivity contribution < 1.29 is 4.74 Å². The normalized spacial score (nSPS) is 16.7. The summed E-state index contributed by atoms with van der Waals surface area (Å²) in [5.74, 6) is 0.877. The summed E-state index contributed by atoms with van der Waals surface area (Å²) < 4.78 is 5.41. The third-order valence-electron chi connectivity index (χ3n) is 3.86. The fourth-order valence-corrected chi connectivity index (χ4v) is 2.25. The lowest BCUT2D eigenvalue weighted by Gasteiger charge is -2.27. The number of methoxy groups -OCH3 is 1. The van der Waals surface area contributed by atoms with Gasteiger partial charge in [0.05, 0.1) is 12.1 Å². The van der Waals surface area contributed by atoms with Gasteiger partial charge in [0.1, 0.15) is 0 Å². The Hall–Kier alpha value is -0.810. The lowest BCUT2D eigenvalue weighted by Crippen LogP contribution is -2.44. The van der Waals surface area contributed by atoms with Crippen molar-refractivity contribution in [1.82, 2.24) is 15.5 Å². The van der Waals surface area contributed by atoms with E-state index in [-0.39, 0.29) is 5.60 Å². The second-order valence-electron chi connectivity index (χ2n) is 6.65. The van der Waals surface area contributed by atoms with Gasteiger partial charge in [0, 0.05) is 38.8 Å². The number of rotatable bonds is 9. The topological polar surface area (TPSA) is 48.9 Å². The Morgan fingerprint density at radius 1 is 1.33 bits per heavy atom. The highest BCUT2D eigenvalue weighted by atomic mass is 16.5. The zero-order valence-corrected chi connectivity index (χ0v) is 14.7. The molecule has 5 heteroatoms. The first kappa shape index (κ1) is 18.2. The predicted molar refractivity (Wildman–Crippen MR) is 89.9 cm³/mol. The first-order chi connectivity index (χ1) is 9.89. The monoisotopic (exact) mass is 298 g/mol. The van der Waals surface area contributed by atoms with Crippen LogP contribution in [0.2, 0.25) is 0 Å². The third kappa shape index (κ3) is 7.14. The molecule has 0 aliphatic heterocycles. The van der Waals surface area contributed by atoms with Crippen LogP contribution < -0.4 is 10.6 Å². The van der Waals surface area contributed by atoms with Crippen LogP contribution in [0.5, 0.6) is 0 Å². The maximum absolute atomic E-state index is 5.41. The van der Waals surface area contributed by atoms with Gasteiger partial charge in [-0.2, -0.15) is 0 Å². The molecule has 2 N–H and O–H groups in total. The van der Waals surface area contributed by atoms with E-state index < -0.39 is 0 Å². The smallest absolute Gasteiger partial charge is 0.191 e. The number of nitrogens with zero attached hydrogens (tertiary/aromatic N) is 2. The van der Waals surface area contributed by atoms with E-state index in [9.17, 15) is 0 Å². The van der Waals surface area contributed by atoms with Crippen LogP contribution in [0.15, 0.2) is 4.99 Å². The predicted octanol–water partition coefficient (Wildman–Crippen LogP) is 1.84. The molecule has 0 heterocycles. The molecule has 0 aromatic carbocycles. The van der Waals surface area contributed by atoms with Gasteiger partial charge in [0.15, 0.2) is 5.96 Å². The molecule has 0 bridgehead atoms. The van der Waals surface area contributed by atoms with E-state index in [0.29, 0.717) is 12.6 Å². The number of guanidine groups is 1. The minimum Gasteiger partial charge on any atom is -0.377 e. The van der Waals surface area contributed by atoms with Gasteiger partial charge in [-0.15, -0.1) is 0 Å². The number of hydrogen-bond acceptors (Lipinski definition) is 3. The van der Waals surface area contributed by atoms with Gasteiger partial charge in [0.2, 0.25) is 0 Å². The standard InChI is InChI=1S/C16H34N4O/c1-7-17-15(19-12-16(4,5)21-6)18-10-11-20(13(2)3)14-8-9-14/h13-14H,7-12H2,1-6H3,(H2,17,18,19). The summed E-state index contributed by atoms with van der Waals surface area (Å²) in [5, 5.41) is 6.72. The number of aliphatic imine (C=N–C) groups is 1. The largest absolute Gasteiger partial charge is 0.377 e. The SMILES string of the molecule is CCNC(=NCC(C)(C)OC)NCCN(C(C)C)C1CC1. The molecule has 0 spiro atoms. The van der Waals surface area contributed by atoms with E-state index in [1.807, 2.05) is 13.8 Å². The molecule has 0 saturated heterocycles. The summed E-state index contributed by atoms with van der Waals surface area (Å²) in [7, 11) is 1.73. The first-order valence-corrected chi connectivity index (χ1v) is 8.22. The summed E-state index contributed by atoms with van der Waals surface area (Å²) in [6.07, 6.45) is 2.71. The van der Waals surface area contributed by atoms with Crippen molar-refractivity contribution in [3.05, 3.63) is 0 Å². The summed E-state index contributed by atoms with van der Waals surface area (Å²) in [5.41, 5.74) is -0.222. The van der Waals surface area contributed by atoms with Gasteiger partial charge in [-0.25, -0.2) is 0 Å². The van der Waals surface area contributed by atoms with Gasteiger partial charge in [0.25, 0.3) is 0 Å². The van der Waals surface area contributed by atoms with Gasteiger partial charge < -0.3 is 15.4 Å². The molecular formula is C16H34N4O. The summed E-state index contributed by atoms with van der Waals surface area (Å²) in [4.78, 5) is 7.19. The Morgan fingerprint density at radius 2 is 2.00 bits per heavy atom. The van der Waals surface area contributed by atoms with E-state index in [4.69, 9.17) is 4.74 Å². The van der Waals surface area contributed by atoms with Gasteiger partial charge >= 0.3 is 0 Å². The van der Waals surface area contributed by atoms with Crippen LogP contribution in [0.25, 0.3) is 0 Å². The van der Waals surface area contributed by atoms with Crippen LogP contribution in [-0.2, 0) is 4.74 Å². The highest BCUT2D eigenvalue weighted by Crippen LogP contribution is 2.27. The summed E-state index contributed by atoms with van der Waals surface area (Å²) in [6, 6.07) is 1.42. The number of ether oxygens (including phenoxy) is 1. The molecule has 124 valence electrons. The Morgan fingerprint density at radius 3 is 2.48 bits per heavy atom. The Kier molecular flexibility index (Phi) is 7.46. The van der Waals surface area contributed by atoms with Crippen molar-refractivity contribution in [1.29, 1.82) is 0 Å². The molecule has 0 aromatic heterocycles. The second-order valence-corrected chi connectivity index (χ2v) is 6.65. The molecular weight excluding hydrogens is 264 g/mol. The minimum absolute atomic E-state index is 0.222. The zero-order chi connectivity index (χ0) is 15.9. The van der Waals surface area contributed by atoms with Crippen LogP contribution in [0.3, 0.4) is 0 Å². The van der Waals surface area contributed by atoms with E-state index >= 15 is 0 Å². The van der Waals surface area contributed by atoms with Crippen LogP contribution in [0.1, 0.15) is 47.5 Å². The molecule has 5 nitrogen and oxygen atoms in total. The van der Waals surface area contributed by atoms with Crippen molar-refractivity contribution >= 4 is 5.96 Å². The maximum atomic E-state index is 5.41. The van der Waals surface area contributed by atoms with Crippen molar-refractivity contribution in [2.75, 3.05) is 33.3 Å². The maximum Gasteiger partial charge on any atom is 0.191 e.